The third-order valence-electron chi connectivity index (χ3n) is 2.94. The van der Waals surface area contributed by atoms with Crippen LogP contribution in [0.2, 0.25) is 0 Å². The van der Waals surface area contributed by atoms with Gasteiger partial charge in [-0.1, -0.05) is 0 Å². The fourth-order valence-electron chi connectivity index (χ4n) is 2.15. The van der Waals surface area contributed by atoms with E-state index in [1.54, 1.807) is 0 Å². The van der Waals surface area contributed by atoms with Crippen LogP contribution in [-0.4, -0.2) is 67.4 Å². The lowest BCUT2D eigenvalue weighted by atomic mass is 9.98. The molecule has 126 valence electrons. The van der Waals surface area contributed by atoms with Crippen LogP contribution >= 0.6 is 0 Å². The summed E-state index contributed by atoms with van der Waals surface area (Å²) in [7, 11) is 1.30. The average molecular weight is 320 g/mol. The highest BCUT2D eigenvalue weighted by molar-refractivity contribution is 5.67. The first-order valence-electron chi connectivity index (χ1n) is 6.60. The van der Waals surface area contributed by atoms with Gasteiger partial charge >= 0.3 is 17.9 Å². The van der Waals surface area contributed by atoms with Crippen molar-refractivity contribution in [1.29, 1.82) is 0 Å². The van der Waals surface area contributed by atoms with Gasteiger partial charge in [0.25, 0.3) is 0 Å². The van der Waals surface area contributed by atoms with E-state index < -0.39 is 48.6 Å². The zero-order chi connectivity index (χ0) is 16.9. The number of aliphatic hydroxyl groups is 1. The van der Waals surface area contributed by atoms with E-state index in [0.29, 0.717) is 0 Å². The molecule has 0 saturated carbocycles. The van der Waals surface area contributed by atoms with Gasteiger partial charge in [0.15, 0.2) is 18.5 Å². The standard InChI is InChI=1S/C13H20O9/c1-6(14)19-5-9-10(20-7(2)15)11(18-4)12(13(17)22-9)21-8(3)16/h9-13,17H,5H2,1-4H3/t9?,10-,11?,12?,13-/m1/s1. The summed E-state index contributed by atoms with van der Waals surface area (Å²) in [5, 5.41) is 9.95. The number of esters is 3. The van der Waals surface area contributed by atoms with Crippen LogP contribution in [0.5, 0.6) is 0 Å². The molecule has 0 aromatic rings. The topological polar surface area (TPSA) is 118 Å². The second kappa shape index (κ2) is 8.06. The Kier molecular flexibility index (Phi) is 6.72. The smallest absolute Gasteiger partial charge is 0.303 e. The summed E-state index contributed by atoms with van der Waals surface area (Å²) < 4.78 is 25.3. The van der Waals surface area contributed by atoms with Gasteiger partial charge in [0.05, 0.1) is 0 Å². The van der Waals surface area contributed by atoms with Crippen molar-refractivity contribution in [2.75, 3.05) is 13.7 Å². The van der Waals surface area contributed by atoms with E-state index in [1.807, 2.05) is 0 Å². The first-order chi connectivity index (χ1) is 10.3. The number of hydrogen-bond donors (Lipinski definition) is 1. The number of methoxy groups -OCH3 is 1. The van der Waals surface area contributed by atoms with Crippen molar-refractivity contribution in [3.8, 4) is 0 Å². The highest BCUT2D eigenvalue weighted by Crippen LogP contribution is 2.27. The van der Waals surface area contributed by atoms with Crippen LogP contribution in [0.3, 0.4) is 0 Å². The summed E-state index contributed by atoms with van der Waals surface area (Å²) in [6.07, 6.45) is -5.65. The molecule has 1 rings (SSSR count). The average Bonchev–Trinajstić information content (AvgIpc) is 2.39. The lowest BCUT2D eigenvalue weighted by Crippen LogP contribution is -2.61. The number of carbonyl (C=O) groups excluding carboxylic acids is 3. The minimum Gasteiger partial charge on any atom is -0.463 e. The third-order valence-corrected chi connectivity index (χ3v) is 2.94. The maximum absolute atomic E-state index is 11.3. The zero-order valence-electron chi connectivity index (χ0n) is 12.8. The van der Waals surface area contributed by atoms with Gasteiger partial charge in [-0.05, 0) is 0 Å². The van der Waals surface area contributed by atoms with Gasteiger partial charge in [0.2, 0.25) is 0 Å². The molecule has 1 aliphatic rings. The quantitative estimate of drug-likeness (QED) is 0.510. The van der Waals surface area contributed by atoms with E-state index in [4.69, 9.17) is 23.7 Å². The molecule has 3 unspecified atom stereocenters. The van der Waals surface area contributed by atoms with Crippen molar-refractivity contribution in [3.05, 3.63) is 0 Å². The van der Waals surface area contributed by atoms with Gasteiger partial charge in [-0.3, -0.25) is 14.4 Å². The summed E-state index contributed by atoms with van der Waals surface area (Å²) in [5.41, 5.74) is 0. The van der Waals surface area contributed by atoms with Crippen LogP contribution in [0, 0.1) is 0 Å². The predicted octanol–water partition coefficient (Wildman–Crippen LogP) is -0.855. The van der Waals surface area contributed by atoms with Gasteiger partial charge in [-0.25, -0.2) is 0 Å². The van der Waals surface area contributed by atoms with Crippen LogP contribution in [0.1, 0.15) is 20.8 Å². The number of rotatable bonds is 5. The van der Waals surface area contributed by atoms with Gasteiger partial charge in [-0.2, -0.15) is 0 Å². The molecule has 0 aromatic heterocycles. The van der Waals surface area contributed by atoms with E-state index in [0.717, 1.165) is 6.92 Å². The molecule has 0 radical (unpaired) electrons. The molecule has 1 N–H and O–H groups in total. The summed E-state index contributed by atoms with van der Waals surface area (Å²) in [5.74, 6) is -1.84. The normalized spacial score (nSPS) is 31.2. The van der Waals surface area contributed by atoms with Crippen molar-refractivity contribution < 1.29 is 43.2 Å². The third kappa shape index (κ3) is 4.93. The Morgan fingerprint density at radius 2 is 1.50 bits per heavy atom. The molecule has 0 spiro atoms. The molecule has 9 nitrogen and oxygen atoms in total. The minimum absolute atomic E-state index is 0.253. The van der Waals surface area contributed by atoms with Crippen LogP contribution in [0.15, 0.2) is 0 Å². The molecule has 22 heavy (non-hydrogen) atoms. The lowest BCUT2D eigenvalue weighted by Gasteiger charge is -2.42. The molecule has 9 heteroatoms. The molecule has 1 aliphatic heterocycles. The lowest BCUT2D eigenvalue weighted by molar-refractivity contribution is -0.297. The Labute approximate surface area is 127 Å². The predicted molar refractivity (Wildman–Crippen MR) is 69.4 cm³/mol. The molecule has 0 bridgehead atoms. The molecule has 1 fully saturated rings. The summed E-state index contributed by atoms with van der Waals surface area (Å²) in [6, 6.07) is 0. The molecule has 0 aliphatic carbocycles. The summed E-state index contributed by atoms with van der Waals surface area (Å²) >= 11 is 0. The highest BCUT2D eigenvalue weighted by Gasteiger charge is 2.50. The van der Waals surface area contributed by atoms with E-state index in [2.05, 4.69) is 0 Å². The van der Waals surface area contributed by atoms with Crippen molar-refractivity contribution in [1.82, 2.24) is 0 Å². The van der Waals surface area contributed by atoms with Crippen LogP contribution in [-0.2, 0) is 38.1 Å². The molecule has 0 amide bonds. The van der Waals surface area contributed by atoms with E-state index >= 15 is 0 Å². The van der Waals surface area contributed by atoms with Crippen molar-refractivity contribution in [2.45, 2.75) is 51.5 Å². The number of carbonyl (C=O) groups is 3. The second-order valence-corrected chi connectivity index (χ2v) is 4.72. The maximum atomic E-state index is 11.3. The fourth-order valence-corrected chi connectivity index (χ4v) is 2.15. The largest absolute Gasteiger partial charge is 0.463 e. The molecular weight excluding hydrogens is 300 g/mol. The Hall–Kier alpha value is -1.71. The molecule has 5 atom stereocenters. The first kappa shape index (κ1) is 18.3. The second-order valence-electron chi connectivity index (χ2n) is 4.72. The molecule has 1 heterocycles. The number of ether oxygens (including phenoxy) is 5. The van der Waals surface area contributed by atoms with Gasteiger partial charge in [0, 0.05) is 27.9 Å². The Bertz CT molecular complexity index is 422. The van der Waals surface area contributed by atoms with Crippen molar-refractivity contribution in [3.63, 3.8) is 0 Å². The number of aliphatic hydroxyl groups excluding tert-OH is 1. The molecule has 0 aromatic carbocycles. The van der Waals surface area contributed by atoms with Crippen molar-refractivity contribution in [2.24, 2.45) is 0 Å². The Morgan fingerprint density at radius 3 is 1.95 bits per heavy atom. The zero-order valence-corrected chi connectivity index (χ0v) is 12.8. The van der Waals surface area contributed by atoms with Gasteiger partial charge in [0.1, 0.15) is 18.8 Å². The van der Waals surface area contributed by atoms with E-state index in [-0.39, 0.29) is 6.61 Å². The van der Waals surface area contributed by atoms with Crippen LogP contribution in [0.25, 0.3) is 0 Å². The van der Waals surface area contributed by atoms with Gasteiger partial charge in [-0.15, -0.1) is 0 Å². The fraction of sp³-hybridized carbons (Fsp3) is 0.769. The summed E-state index contributed by atoms with van der Waals surface area (Å²) in [4.78, 5) is 33.3. The van der Waals surface area contributed by atoms with Crippen LogP contribution < -0.4 is 0 Å². The Morgan fingerprint density at radius 1 is 0.955 bits per heavy atom. The van der Waals surface area contributed by atoms with Crippen LogP contribution in [0.4, 0.5) is 0 Å². The Balaban J connectivity index is 2.96. The monoisotopic (exact) mass is 320 g/mol. The maximum Gasteiger partial charge on any atom is 0.303 e. The minimum atomic E-state index is -1.51. The van der Waals surface area contributed by atoms with E-state index in [1.165, 1.54) is 21.0 Å². The highest BCUT2D eigenvalue weighted by atomic mass is 16.7. The number of hydrogen-bond acceptors (Lipinski definition) is 9. The van der Waals surface area contributed by atoms with E-state index in [9.17, 15) is 19.5 Å². The molecule has 1 saturated heterocycles. The SMILES string of the molecule is COC1C(OC(C)=O)[C@H](O)OC(COC(C)=O)[C@H]1OC(C)=O. The molecular formula is C13H20O9. The summed E-state index contributed by atoms with van der Waals surface area (Å²) in [6.45, 7) is 3.29. The van der Waals surface area contributed by atoms with Crippen molar-refractivity contribution >= 4 is 17.9 Å². The first-order valence-corrected chi connectivity index (χ1v) is 6.60. The van der Waals surface area contributed by atoms with Gasteiger partial charge < -0.3 is 28.8 Å².